The number of ether oxygens (including phenoxy) is 1. The van der Waals surface area contributed by atoms with Gasteiger partial charge in [0.1, 0.15) is 11.6 Å². The average molecular weight is 323 g/mol. The van der Waals surface area contributed by atoms with Crippen LogP contribution in [0.5, 0.6) is 5.75 Å². The highest BCUT2D eigenvalue weighted by Gasteiger charge is 2.08. The van der Waals surface area contributed by atoms with Crippen molar-refractivity contribution in [1.82, 2.24) is 25.5 Å². The van der Waals surface area contributed by atoms with E-state index in [1.54, 1.807) is 43.8 Å². The van der Waals surface area contributed by atoms with Gasteiger partial charge in [-0.2, -0.15) is 5.10 Å². The molecule has 2 heterocycles. The molecule has 1 amide bonds. The van der Waals surface area contributed by atoms with E-state index in [1.807, 2.05) is 12.1 Å². The number of hydrogen-bond donors (Lipinski definition) is 2. The van der Waals surface area contributed by atoms with Gasteiger partial charge in [-0.25, -0.2) is 4.98 Å². The minimum Gasteiger partial charge on any atom is -0.497 e. The molecular formula is C17H17N5O2. The number of benzene rings is 1. The summed E-state index contributed by atoms with van der Waals surface area (Å²) in [5.41, 5.74) is 1.44. The SMILES string of the molecule is COc1ccc(C(=O)NCCc2nc(-c3cccnc3)n[nH]2)cc1. The summed E-state index contributed by atoms with van der Waals surface area (Å²) < 4.78 is 5.07. The van der Waals surface area contributed by atoms with Gasteiger partial charge in [0.25, 0.3) is 5.91 Å². The van der Waals surface area contributed by atoms with E-state index in [4.69, 9.17) is 4.74 Å². The topological polar surface area (TPSA) is 92.8 Å². The second-order valence-corrected chi connectivity index (χ2v) is 5.08. The maximum Gasteiger partial charge on any atom is 0.251 e. The number of nitrogens with zero attached hydrogens (tertiary/aromatic N) is 3. The summed E-state index contributed by atoms with van der Waals surface area (Å²) in [4.78, 5) is 20.5. The summed E-state index contributed by atoms with van der Waals surface area (Å²) in [6.07, 6.45) is 3.97. The molecule has 0 saturated heterocycles. The summed E-state index contributed by atoms with van der Waals surface area (Å²) in [7, 11) is 1.59. The van der Waals surface area contributed by atoms with Gasteiger partial charge < -0.3 is 10.1 Å². The number of carbonyl (C=O) groups is 1. The van der Waals surface area contributed by atoms with Gasteiger partial charge >= 0.3 is 0 Å². The minimum atomic E-state index is -0.135. The molecule has 0 fully saturated rings. The fourth-order valence-electron chi connectivity index (χ4n) is 2.17. The molecule has 0 radical (unpaired) electrons. The zero-order chi connectivity index (χ0) is 16.8. The molecule has 0 aliphatic heterocycles. The summed E-state index contributed by atoms with van der Waals surface area (Å²) in [6.45, 7) is 0.465. The number of hydrogen-bond acceptors (Lipinski definition) is 5. The van der Waals surface area contributed by atoms with Crippen molar-refractivity contribution >= 4 is 5.91 Å². The van der Waals surface area contributed by atoms with Gasteiger partial charge in [0, 0.05) is 36.5 Å². The second-order valence-electron chi connectivity index (χ2n) is 5.08. The van der Waals surface area contributed by atoms with Crippen LogP contribution in [0.15, 0.2) is 48.8 Å². The zero-order valence-electron chi connectivity index (χ0n) is 13.2. The molecule has 0 atom stereocenters. The van der Waals surface area contributed by atoms with Gasteiger partial charge in [0.05, 0.1) is 7.11 Å². The third kappa shape index (κ3) is 3.75. The van der Waals surface area contributed by atoms with E-state index in [0.29, 0.717) is 30.2 Å². The fourth-order valence-corrected chi connectivity index (χ4v) is 2.17. The monoisotopic (exact) mass is 323 g/mol. The smallest absolute Gasteiger partial charge is 0.251 e. The van der Waals surface area contributed by atoms with Crippen molar-refractivity contribution in [2.75, 3.05) is 13.7 Å². The molecule has 0 aliphatic carbocycles. The number of pyridine rings is 1. The first-order valence-corrected chi connectivity index (χ1v) is 7.50. The van der Waals surface area contributed by atoms with Crippen molar-refractivity contribution < 1.29 is 9.53 Å². The Balaban J connectivity index is 1.53. The van der Waals surface area contributed by atoms with Crippen molar-refractivity contribution in [3.8, 4) is 17.1 Å². The van der Waals surface area contributed by atoms with Crippen LogP contribution in [0.4, 0.5) is 0 Å². The molecule has 0 spiro atoms. The molecule has 7 nitrogen and oxygen atoms in total. The lowest BCUT2D eigenvalue weighted by Crippen LogP contribution is -2.25. The third-order valence-corrected chi connectivity index (χ3v) is 3.45. The molecule has 2 N–H and O–H groups in total. The molecule has 122 valence electrons. The van der Waals surface area contributed by atoms with Crippen LogP contribution in [-0.2, 0) is 6.42 Å². The molecule has 0 saturated carbocycles. The molecule has 0 bridgehead atoms. The molecule has 3 rings (SSSR count). The maximum absolute atomic E-state index is 12.1. The zero-order valence-corrected chi connectivity index (χ0v) is 13.2. The van der Waals surface area contributed by atoms with Gasteiger partial charge in [-0.05, 0) is 36.4 Å². The Kier molecular flexibility index (Phi) is 4.81. The van der Waals surface area contributed by atoms with Gasteiger partial charge in [0.15, 0.2) is 5.82 Å². The third-order valence-electron chi connectivity index (χ3n) is 3.45. The Hall–Kier alpha value is -3.22. The molecule has 0 aliphatic rings. The molecule has 3 aromatic rings. The number of methoxy groups -OCH3 is 1. The quantitative estimate of drug-likeness (QED) is 0.722. The van der Waals surface area contributed by atoms with Crippen LogP contribution < -0.4 is 10.1 Å². The lowest BCUT2D eigenvalue weighted by Gasteiger charge is -2.05. The predicted molar refractivity (Wildman–Crippen MR) is 88.6 cm³/mol. The second kappa shape index (κ2) is 7.36. The van der Waals surface area contributed by atoms with E-state index in [9.17, 15) is 4.79 Å². The number of carbonyl (C=O) groups excluding carboxylic acids is 1. The number of aromatic nitrogens is 4. The fraction of sp³-hybridized carbons (Fsp3) is 0.176. The van der Waals surface area contributed by atoms with Gasteiger partial charge in [-0.15, -0.1) is 0 Å². The van der Waals surface area contributed by atoms with Crippen LogP contribution in [0.1, 0.15) is 16.2 Å². The maximum atomic E-state index is 12.1. The van der Waals surface area contributed by atoms with E-state index in [2.05, 4.69) is 25.5 Å². The van der Waals surface area contributed by atoms with E-state index in [-0.39, 0.29) is 5.91 Å². The summed E-state index contributed by atoms with van der Waals surface area (Å²) in [6, 6.07) is 10.7. The van der Waals surface area contributed by atoms with Gasteiger partial charge in [-0.3, -0.25) is 14.9 Å². The number of nitrogens with one attached hydrogen (secondary N) is 2. The summed E-state index contributed by atoms with van der Waals surface area (Å²) in [5, 5.41) is 9.89. The van der Waals surface area contributed by atoms with Crippen molar-refractivity contribution in [3.63, 3.8) is 0 Å². The predicted octanol–water partition coefficient (Wildman–Crippen LogP) is 1.85. The Bertz CT molecular complexity index is 799. The number of H-pyrrole nitrogens is 1. The number of aromatic amines is 1. The van der Waals surface area contributed by atoms with Gasteiger partial charge in [-0.1, -0.05) is 0 Å². The molecule has 0 unspecified atom stereocenters. The first-order chi connectivity index (χ1) is 11.8. The highest BCUT2D eigenvalue weighted by atomic mass is 16.5. The van der Waals surface area contributed by atoms with E-state index >= 15 is 0 Å². The van der Waals surface area contributed by atoms with Crippen LogP contribution in [0, 0.1) is 0 Å². The molecular weight excluding hydrogens is 306 g/mol. The van der Waals surface area contributed by atoms with Crippen molar-refractivity contribution in [2.24, 2.45) is 0 Å². The van der Waals surface area contributed by atoms with Crippen molar-refractivity contribution in [2.45, 2.75) is 6.42 Å². The molecule has 7 heteroatoms. The largest absolute Gasteiger partial charge is 0.497 e. The van der Waals surface area contributed by atoms with Crippen LogP contribution in [-0.4, -0.2) is 39.7 Å². The van der Waals surface area contributed by atoms with Crippen LogP contribution in [0.25, 0.3) is 11.4 Å². The lowest BCUT2D eigenvalue weighted by molar-refractivity contribution is 0.0954. The molecule has 1 aromatic carbocycles. The first kappa shape index (κ1) is 15.7. The number of rotatable bonds is 6. The lowest BCUT2D eigenvalue weighted by atomic mass is 10.2. The first-order valence-electron chi connectivity index (χ1n) is 7.50. The Labute approximate surface area is 139 Å². The van der Waals surface area contributed by atoms with E-state index < -0.39 is 0 Å². The standard InChI is InChI=1S/C17H17N5O2/c1-24-14-6-4-12(5-7-14)17(23)19-10-8-15-20-16(22-21-15)13-3-2-9-18-11-13/h2-7,9,11H,8,10H2,1H3,(H,19,23)(H,20,21,22). The Morgan fingerprint density at radius 3 is 2.79 bits per heavy atom. The average Bonchev–Trinajstić information content (AvgIpc) is 3.11. The van der Waals surface area contributed by atoms with Crippen molar-refractivity contribution in [1.29, 1.82) is 0 Å². The summed E-state index contributed by atoms with van der Waals surface area (Å²) >= 11 is 0. The van der Waals surface area contributed by atoms with E-state index in [1.165, 1.54) is 0 Å². The molecule has 24 heavy (non-hydrogen) atoms. The van der Waals surface area contributed by atoms with Crippen LogP contribution in [0.3, 0.4) is 0 Å². The number of amides is 1. The van der Waals surface area contributed by atoms with E-state index in [0.717, 1.165) is 11.3 Å². The molecule has 2 aromatic heterocycles. The highest BCUT2D eigenvalue weighted by molar-refractivity contribution is 5.94. The minimum absolute atomic E-state index is 0.135. The highest BCUT2D eigenvalue weighted by Crippen LogP contribution is 2.12. The summed E-state index contributed by atoms with van der Waals surface area (Å²) in [5.74, 6) is 1.89. The van der Waals surface area contributed by atoms with Crippen molar-refractivity contribution in [3.05, 3.63) is 60.2 Å². The Morgan fingerprint density at radius 1 is 1.25 bits per heavy atom. The normalized spacial score (nSPS) is 10.4. The van der Waals surface area contributed by atoms with Crippen LogP contribution >= 0.6 is 0 Å². The Morgan fingerprint density at radius 2 is 2.08 bits per heavy atom. The van der Waals surface area contributed by atoms with Crippen LogP contribution in [0.2, 0.25) is 0 Å². The van der Waals surface area contributed by atoms with Gasteiger partial charge in [0.2, 0.25) is 0 Å².